The molecule has 1 saturated heterocycles. The minimum absolute atomic E-state index is 0.163. The van der Waals surface area contributed by atoms with E-state index in [0.717, 1.165) is 55.6 Å². The maximum absolute atomic E-state index is 13.5. The summed E-state index contributed by atoms with van der Waals surface area (Å²) in [6.07, 6.45) is 4.11. The second-order valence-corrected chi connectivity index (χ2v) is 8.34. The Morgan fingerprint density at radius 3 is 2.32 bits per heavy atom. The van der Waals surface area contributed by atoms with E-state index in [-0.39, 0.29) is 18.4 Å². The molecule has 2 aromatic rings. The van der Waals surface area contributed by atoms with E-state index in [2.05, 4.69) is 11.8 Å². The highest BCUT2D eigenvalue weighted by Gasteiger charge is 2.41. The number of carbonyl (C=O) groups excluding carboxylic acids is 2. The smallest absolute Gasteiger partial charge is 0.278 e. The third kappa shape index (κ3) is 4.47. The summed E-state index contributed by atoms with van der Waals surface area (Å²) in [4.78, 5) is 30.3. The van der Waals surface area contributed by atoms with Gasteiger partial charge in [0.25, 0.3) is 11.8 Å². The second-order valence-electron chi connectivity index (χ2n) is 7.93. The summed E-state index contributed by atoms with van der Waals surface area (Å²) >= 11 is 6.31. The molecule has 0 spiro atoms. The van der Waals surface area contributed by atoms with Crippen molar-refractivity contribution in [2.45, 2.75) is 39.2 Å². The average Bonchev–Trinajstić information content (AvgIpc) is 3.05. The molecule has 6 heteroatoms. The first-order chi connectivity index (χ1) is 15.1. The maximum atomic E-state index is 13.5. The highest BCUT2D eigenvalue weighted by molar-refractivity contribution is 6.35. The number of imide groups is 1. The van der Waals surface area contributed by atoms with Gasteiger partial charge in [-0.05, 0) is 55.0 Å². The molecular weight excluding hydrogens is 412 g/mol. The molecule has 0 atom stereocenters. The normalized spacial score (nSPS) is 17.0. The van der Waals surface area contributed by atoms with Gasteiger partial charge in [-0.2, -0.15) is 0 Å². The van der Waals surface area contributed by atoms with Crippen molar-refractivity contribution in [2.75, 3.05) is 19.7 Å². The Hall–Kier alpha value is -2.79. The summed E-state index contributed by atoms with van der Waals surface area (Å²) in [6.45, 7) is 4.44. The molecule has 0 N–H and O–H groups in total. The number of carbonyl (C=O) groups is 2. The third-order valence-electron chi connectivity index (χ3n) is 5.72. The van der Waals surface area contributed by atoms with Gasteiger partial charge in [0.15, 0.2) is 0 Å². The molecule has 31 heavy (non-hydrogen) atoms. The fraction of sp³-hybridized carbons (Fsp3) is 0.360. The quantitative estimate of drug-likeness (QED) is 0.577. The number of hydrogen-bond acceptors (Lipinski definition) is 4. The summed E-state index contributed by atoms with van der Waals surface area (Å²) in [5, 5.41) is 0.550. The van der Waals surface area contributed by atoms with Crippen LogP contribution in [0.1, 0.15) is 43.7 Å². The minimum Gasteiger partial charge on any atom is -0.494 e. The van der Waals surface area contributed by atoms with Gasteiger partial charge in [-0.1, -0.05) is 48.9 Å². The van der Waals surface area contributed by atoms with Crippen LogP contribution in [0, 0.1) is 0 Å². The predicted octanol–water partition coefficient (Wildman–Crippen LogP) is 4.89. The van der Waals surface area contributed by atoms with Crippen molar-refractivity contribution in [2.24, 2.45) is 0 Å². The largest absolute Gasteiger partial charge is 0.494 e. The Labute approximate surface area is 188 Å². The van der Waals surface area contributed by atoms with Crippen molar-refractivity contribution in [1.82, 2.24) is 9.80 Å². The zero-order valence-electron chi connectivity index (χ0n) is 17.8. The number of benzene rings is 2. The molecule has 162 valence electrons. The number of ether oxygens (including phenoxy) is 1. The van der Waals surface area contributed by atoms with E-state index in [9.17, 15) is 9.59 Å². The molecule has 0 unspecified atom stereocenters. The highest BCUT2D eigenvalue weighted by Crippen LogP contribution is 2.35. The van der Waals surface area contributed by atoms with Crippen molar-refractivity contribution in [1.29, 1.82) is 0 Å². The summed E-state index contributed by atoms with van der Waals surface area (Å²) in [7, 11) is 0. The highest BCUT2D eigenvalue weighted by atomic mass is 35.5. The second kappa shape index (κ2) is 9.56. The monoisotopic (exact) mass is 438 g/mol. The van der Waals surface area contributed by atoms with Crippen LogP contribution in [0.25, 0.3) is 5.57 Å². The van der Waals surface area contributed by atoms with Gasteiger partial charge in [-0.15, -0.1) is 0 Å². The Kier molecular flexibility index (Phi) is 6.62. The molecule has 2 aliphatic heterocycles. The number of nitrogens with zero attached hydrogens (tertiary/aromatic N) is 2. The Morgan fingerprint density at radius 2 is 1.65 bits per heavy atom. The van der Waals surface area contributed by atoms with E-state index in [4.69, 9.17) is 16.3 Å². The van der Waals surface area contributed by atoms with Gasteiger partial charge in [0.05, 0.1) is 18.7 Å². The SMILES string of the molecule is CCCOc1ccc(C2=C(N3CCCCC3)C(=O)N(Cc3ccccc3Cl)C2=O)cc1. The van der Waals surface area contributed by atoms with Gasteiger partial charge in [-0.3, -0.25) is 14.5 Å². The number of piperidine rings is 1. The Balaban J connectivity index is 1.69. The predicted molar refractivity (Wildman–Crippen MR) is 122 cm³/mol. The van der Waals surface area contributed by atoms with Gasteiger partial charge >= 0.3 is 0 Å². The molecule has 4 rings (SSSR count). The summed E-state index contributed by atoms with van der Waals surface area (Å²) in [6, 6.07) is 14.8. The number of amides is 2. The molecule has 2 aromatic carbocycles. The first kappa shape index (κ1) is 21.4. The first-order valence-corrected chi connectivity index (χ1v) is 11.3. The molecule has 0 bridgehead atoms. The number of hydrogen-bond donors (Lipinski definition) is 0. The molecule has 0 saturated carbocycles. The van der Waals surface area contributed by atoms with Gasteiger partial charge in [-0.25, -0.2) is 0 Å². The van der Waals surface area contributed by atoms with E-state index in [1.165, 1.54) is 4.90 Å². The number of halogens is 1. The van der Waals surface area contributed by atoms with Crippen LogP contribution >= 0.6 is 11.6 Å². The summed E-state index contributed by atoms with van der Waals surface area (Å²) < 4.78 is 5.67. The molecule has 5 nitrogen and oxygen atoms in total. The van der Waals surface area contributed by atoms with Gasteiger partial charge in [0.1, 0.15) is 11.4 Å². The van der Waals surface area contributed by atoms with Crippen molar-refractivity contribution < 1.29 is 14.3 Å². The summed E-state index contributed by atoms with van der Waals surface area (Å²) in [5.41, 5.74) is 2.48. The lowest BCUT2D eigenvalue weighted by Crippen LogP contribution is -2.36. The molecule has 0 radical (unpaired) electrons. The fourth-order valence-electron chi connectivity index (χ4n) is 4.11. The first-order valence-electron chi connectivity index (χ1n) is 10.9. The molecule has 1 fully saturated rings. The molecular formula is C25H27ClN2O3. The lowest BCUT2D eigenvalue weighted by atomic mass is 10.0. The molecule has 0 aromatic heterocycles. The van der Waals surface area contributed by atoms with Gasteiger partial charge < -0.3 is 9.64 Å². The molecule has 2 aliphatic rings. The van der Waals surface area contributed by atoms with E-state index < -0.39 is 0 Å². The van der Waals surface area contributed by atoms with E-state index in [0.29, 0.717) is 22.9 Å². The van der Waals surface area contributed by atoms with Crippen molar-refractivity contribution in [3.8, 4) is 5.75 Å². The van der Waals surface area contributed by atoms with Crippen LogP contribution < -0.4 is 4.74 Å². The van der Waals surface area contributed by atoms with Crippen molar-refractivity contribution in [3.63, 3.8) is 0 Å². The van der Waals surface area contributed by atoms with Crippen LogP contribution in [-0.2, 0) is 16.1 Å². The molecule has 2 amide bonds. The standard InChI is InChI=1S/C25H27ClN2O3/c1-2-16-31-20-12-10-18(11-13-20)22-23(27-14-6-3-7-15-27)25(30)28(24(22)29)17-19-8-4-5-9-21(19)26/h4-5,8-13H,2-3,6-7,14-17H2,1H3. The van der Waals surface area contributed by atoms with E-state index >= 15 is 0 Å². The minimum atomic E-state index is -0.271. The zero-order valence-corrected chi connectivity index (χ0v) is 18.5. The van der Waals surface area contributed by atoms with E-state index in [1.54, 1.807) is 6.07 Å². The van der Waals surface area contributed by atoms with Gasteiger partial charge in [0, 0.05) is 18.1 Å². The fourth-order valence-corrected chi connectivity index (χ4v) is 4.31. The Bertz CT molecular complexity index is 994. The zero-order chi connectivity index (χ0) is 21.8. The van der Waals surface area contributed by atoms with Crippen LogP contribution in [0.3, 0.4) is 0 Å². The lowest BCUT2D eigenvalue weighted by molar-refractivity contribution is -0.138. The van der Waals surface area contributed by atoms with Crippen LogP contribution in [0.2, 0.25) is 5.02 Å². The number of rotatable bonds is 7. The van der Waals surface area contributed by atoms with Crippen LogP contribution in [0.4, 0.5) is 0 Å². The van der Waals surface area contributed by atoms with E-state index in [1.807, 2.05) is 42.5 Å². The van der Waals surface area contributed by atoms with Crippen LogP contribution in [0.5, 0.6) is 5.75 Å². The maximum Gasteiger partial charge on any atom is 0.278 e. The lowest BCUT2D eigenvalue weighted by Gasteiger charge is -2.29. The van der Waals surface area contributed by atoms with Crippen LogP contribution in [-0.4, -0.2) is 41.3 Å². The summed E-state index contributed by atoms with van der Waals surface area (Å²) in [5.74, 6) is 0.247. The molecule has 2 heterocycles. The van der Waals surface area contributed by atoms with Crippen molar-refractivity contribution in [3.05, 3.63) is 70.4 Å². The van der Waals surface area contributed by atoms with Crippen molar-refractivity contribution >= 4 is 29.0 Å². The topological polar surface area (TPSA) is 49.9 Å². The van der Waals surface area contributed by atoms with Crippen LogP contribution in [0.15, 0.2) is 54.2 Å². The average molecular weight is 439 g/mol. The number of likely N-dealkylation sites (tertiary alicyclic amines) is 1. The molecule has 0 aliphatic carbocycles. The van der Waals surface area contributed by atoms with Gasteiger partial charge in [0.2, 0.25) is 0 Å². The Morgan fingerprint density at radius 1 is 0.935 bits per heavy atom. The third-order valence-corrected chi connectivity index (χ3v) is 6.09.